The fraction of sp³-hybridized carbons (Fsp3) is 0.611. The van der Waals surface area contributed by atoms with Gasteiger partial charge in [-0.2, -0.15) is 0 Å². The molecular formula is C18H25ClN2O. The molecule has 3 aliphatic rings. The van der Waals surface area contributed by atoms with Gasteiger partial charge in [-0.25, -0.2) is 0 Å². The first-order valence-corrected chi connectivity index (χ1v) is 8.31. The molecule has 1 saturated heterocycles. The Morgan fingerprint density at radius 3 is 3.00 bits per heavy atom. The molecule has 0 bridgehead atoms. The molecule has 0 aromatic heterocycles. The van der Waals surface area contributed by atoms with Crippen molar-refractivity contribution in [2.75, 3.05) is 6.54 Å². The average molecular weight is 321 g/mol. The lowest BCUT2D eigenvalue weighted by Gasteiger charge is -2.29. The van der Waals surface area contributed by atoms with E-state index in [0.29, 0.717) is 18.0 Å². The minimum Gasteiger partial charge on any atom is -0.353 e. The van der Waals surface area contributed by atoms with Gasteiger partial charge >= 0.3 is 0 Å². The Labute approximate surface area is 138 Å². The molecule has 4 heteroatoms. The molecule has 1 spiro atoms. The summed E-state index contributed by atoms with van der Waals surface area (Å²) in [5.41, 5.74) is 3.09. The van der Waals surface area contributed by atoms with Gasteiger partial charge in [0.15, 0.2) is 0 Å². The minimum atomic E-state index is 0. The van der Waals surface area contributed by atoms with Crippen molar-refractivity contribution in [2.24, 2.45) is 5.92 Å². The van der Waals surface area contributed by atoms with E-state index in [2.05, 4.69) is 41.8 Å². The number of halogens is 1. The highest BCUT2D eigenvalue weighted by molar-refractivity contribution is 5.85. The maximum atomic E-state index is 12.6. The number of hydrogen-bond donors (Lipinski definition) is 2. The zero-order valence-corrected chi connectivity index (χ0v) is 13.9. The van der Waals surface area contributed by atoms with Crippen molar-refractivity contribution >= 4 is 18.3 Å². The molecule has 2 aliphatic carbocycles. The van der Waals surface area contributed by atoms with Gasteiger partial charge in [0.2, 0.25) is 5.91 Å². The van der Waals surface area contributed by atoms with Gasteiger partial charge in [-0.1, -0.05) is 24.3 Å². The van der Waals surface area contributed by atoms with Crippen LogP contribution < -0.4 is 10.6 Å². The lowest BCUT2D eigenvalue weighted by atomic mass is 9.94. The Morgan fingerprint density at radius 2 is 2.18 bits per heavy atom. The highest BCUT2D eigenvalue weighted by Gasteiger charge is 2.61. The van der Waals surface area contributed by atoms with Crippen LogP contribution in [0, 0.1) is 5.92 Å². The number of amides is 1. The van der Waals surface area contributed by atoms with E-state index >= 15 is 0 Å². The summed E-state index contributed by atoms with van der Waals surface area (Å²) in [7, 11) is 0. The maximum Gasteiger partial charge on any atom is 0.224 e. The van der Waals surface area contributed by atoms with E-state index in [0.717, 1.165) is 38.6 Å². The molecule has 4 rings (SSSR count). The van der Waals surface area contributed by atoms with Gasteiger partial charge in [0.25, 0.3) is 0 Å². The average Bonchev–Trinajstić information content (AvgIpc) is 3.10. The topological polar surface area (TPSA) is 41.1 Å². The van der Waals surface area contributed by atoms with Gasteiger partial charge < -0.3 is 10.6 Å². The van der Waals surface area contributed by atoms with Crippen LogP contribution in [0.3, 0.4) is 0 Å². The summed E-state index contributed by atoms with van der Waals surface area (Å²) in [6, 6.07) is 9.58. The van der Waals surface area contributed by atoms with E-state index in [1.165, 1.54) is 11.1 Å². The van der Waals surface area contributed by atoms with Gasteiger partial charge in [-0.15, -0.1) is 12.4 Å². The zero-order chi connectivity index (χ0) is 14.4. The molecule has 120 valence electrons. The Balaban J connectivity index is 0.00000144. The van der Waals surface area contributed by atoms with Crippen LogP contribution in [0.5, 0.6) is 0 Å². The summed E-state index contributed by atoms with van der Waals surface area (Å²) < 4.78 is 0. The Kier molecular flexibility index (Phi) is 4.21. The van der Waals surface area contributed by atoms with Crippen LogP contribution in [0.15, 0.2) is 24.3 Å². The van der Waals surface area contributed by atoms with Crippen molar-refractivity contribution in [1.29, 1.82) is 0 Å². The van der Waals surface area contributed by atoms with Crippen molar-refractivity contribution in [3.63, 3.8) is 0 Å². The molecule has 2 N–H and O–H groups in total. The smallest absolute Gasteiger partial charge is 0.224 e. The lowest BCUT2D eigenvalue weighted by Crippen LogP contribution is -2.47. The molecule has 3 nitrogen and oxygen atoms in total. The Morgan fingerprint density at radius 1 is 1.36 bits per heavy atom. The fourth-order valence-corrected chi connectivity index (χ4v) is 4.50. The van der Waals surface area contributed by atoms with Crippen LogP contribution in [0.4, 0.5) is 0 Å². The largest absolute Gasteiger partial charge is 0.353 e. The minimum absolute atomic E-state index is 0. The van der Waals surface area contributed by atoms with Crippen LogP contribution in [-0.2, 0) is 16.6 Å². The number of carbonyl (C=O) groups is 1. The third kappa shape index (κ3) is 2.55. The second-order valence-electron chi connectivity index (χ2n) is 7.16. The number of hydrogen-bond acceptors (Lipinski definition) is 2. The van der Waals surface area contributed by atoms with Gasteiger partial charge in [0.1, 0.15) is 0 Å². The van der Waals surface area contributed by atoms with E-state index in [4.69, 9.17) is 0 Å². The molecule has 22 heavy (non-hydrogen) atoms. The van der Waals surface area contributed by atoms with Crippen LogP contribution in [0.1, 0.15) is 43.7 Å². The first-order valence-electron chi connectivity index (χ1n) is 8.31. The van der Waals surface area contributed by atoms with Gasteiger partial charge in [-0.05, 0) is 56.7 Å². The summed E-state index contributed by atoms with van der Waals surface area (Å²) in [5, 5.41) is 6.75. The Hall–Kier alpha value is -1.06. The van der Waals surface area contributed by atoms with E-state index < -0.39 is 0 Å². The van der Waals surface area contributed by atoms with Crippen molar-refractivity contribution in [1.82, 2.24) is 10.6 Å². The van der Waals surface area contributed by atoms with Crippen LogP contribution in [-0.4, -0.2) is 24.5 Å². The fourth-order valence-electron chi connectivity index (χ4n) is 4.50. The van der Waals surface area contributed by atoms with Crippen molar-refractivity contribution in [3.05, 3.63) is 35.4 Å². The van der Waals surface area contributed by atoms with Crippen LogP contribution >= 0.6 is 12.4 Å². The molecule has 1 aromatic rings. The summed E-state index contributed by atoms with van der Waals surface area (Å²) >= 11 is 0. The van der Waals surface area contributed by atoms with Crippen molar-refractivity contribution < 1.29 is 4.79 Å². The van der Waals surface area contributed by atoms with Gasteiger partial charge in [0, 0.05) is 23.4 Å². The maximum absolute atomic E-state index is 12.6. The third-order valence-electron chi connectivity index (χ3n) is 5.76. The number of benzene rings is 1. The summed E-state index contributed by atoms with van der Waals surface area (Å²) in [4.78, 5) is 12.6. The molecule has 0 radical (unpaired) electrons. The van der Waals surface area contributed by atoms with E-state index in [1.54, 1.807) is 0 Å². The molecule has 1 amide bonds. The molecule has 4 atom stereocenters. The highest BCUT2D eigenvalue weighted by Crippen LogP contribution is 2.61. The first-order chi connectivity index (χ1) is 10.2. The van der Waals surface area contributed by atoms with E-state index in [-0.39, 0.29) is 23.7 Å². The molecule has 1 aromatic carbocycles. The quantitative estimate of drug-likeness (QED) is 0.879. The summed E-state index contributed by atoms with van der Waals surface area (Å²) in [5.74, 6) is 0.511. The lowest BCUT2D eigenvalue weighted by molar-refractivity contribution is -0.123. The highest BCUT2D eigenvalue weighted by atomic mass is 35.5. The predicted molar refractivity (Wildman–Crippen MR) is 90.4 cm³/mol. The van der Waals surface area contributed by atoms with E-state index in [1.807, 2.05) is 0 Å². The molecule has 1 heterocycles. The SMILES string of the molecule is CC1CC(NC(=O)C2CC23CCc2ccccc23)CCN1.Cl. The predicted octanol–water partition coefficient (Wildman–Crippen LogP) is 2.57. The van der Waals surface area contributed by atoms with E-state index in [9.17, 15) is 4.79 Å². The summed E-state index contributed by atoms with van der Waals surface area (Å²) in [6.45, 7) is 3.22. The van der Waals surface area contributed by atoms with Crippen LogP contribution in [0.25, 0.3) is 0 Å². The number of carbonyl (C=O) groups excluding carboxylic acids is 1. The first kappa shape index (κ1) is 15.8. The summed E-state index contributed by atoms with van der Waals surface area (Å²) in [6.07, 6.45) is 5.47. The number of aryl methyl sites for hydroxylation is 1. The zero-order valence-electron chi connectivity index (χ0n) is 13.1. The Bertz CT molecular complexity index is 576. The van der Waals surface area contributed by atoms with Crippen LogP contribution in [0.2, 0.25) is 0 Å². The van der Waals surface area contributed by atoms with Gasteiger partial charge in [-0.3, -0.25) is 4.79 Å². The van der Waals surface area contributed by atoms with Gasteiger partial charge in [0.05, 0.1) is 0 Å². The molecular weight excluding hydrogens is 296 g/mol. The third-order valence-corrected chi connectivity index (χ3v) is 5.76. The number of nitrogens with one attached hydrogen (secondary N) is 2. The number of fused-ring (bicyclic) bond motifs is 2. The number of piperidine rings is 1. The second-order valence-corrected chi connectivity index (χ2v) is 7.16. The second kappa shape index (κ2) is 5.86. The van der Waals surface area contributed by atoms with Crippen molar-refractivity contribution in [3.8, 4) is 0 Å². The monoisotopic (exact) mass is 320 g/mol. The standard InChI is InChI=1S/C18H24N2O.ClH/c1-12-10-14(7-9-19-12)20-17(21)16-11-18(16)8-6-13-4-2-3-5-15(13)18;/h2-5,12,14,16,19H,6-11H2,1H3,(H,20,21);1H. The normalized spacial score (nSPS) is 35.6. The molecule has 1 saturated carbocycles. The molecule has 4 unspecified atom stereocenters. The van der Waals surface area contributed by atoms with Crippen molar-refractivity contribution in [2.45, 2.75) is 56.5 Å². The molecule has 1 aliphatic heterocycles. The number of rotatable bonds is 2. The molecule has 2 fully saturated rings.